The quantitative estimate of drug-likeness (QED) is 0.659. The number of benzene rings is 2. The summed E-state index contributed by atoms with van der Waals surface area (Å²) in [5.74, 6) is -1.26. The van der Waals surface area contributed by atoms with E-state index >= 15 is 0 Å². The molecule has 6 nitrogen and oxygen atoms in total. The van der Waals surface area contributed by atoms with E-state index in [1.807, 2.05) is 0 Å². The van der Waals surface area contributed by atoms with Gasteiger partial charge in [-0.2, -0.15) is 0 Å². The molecule has 2 aromatic carbocycles. The molecule has 0 unspecified atom stereocenters. The molecule has 0 bridgehead atoms. The lowest BCUT2D eigenvalue weighted by molar-refractivity contribution is -0.140. The first-order chi connectivity index (χ1) is 13.3. The van der Waals surface area contributed by atoms with Crippen LogP contribution in [0, 0.1) is 0 Å². The lowest BCUT2D eigenvalue weighted by atomic mass is 10.2. The van der Waals surface area contributed by atoms with Crippen LogP contribution in [0.3, 0.4) is 0 Å². The van der Waals surface area contributed by atoms with Crippen LogP contribution in [0.5, 0.6) is 5.75 Å². The van der Waals surface area contributed by atoms with Crippen LogP contribution in [-0.4, -0.2) is 33.7 Å². The fourth-order valence-electron chi connectivity index (χ4n) is 2.38. The minimum atomic E-state index is -1.24. The van der Waals surface area contributed by atoms with Gasteiger partial charge in [0.2, 0.25) is 0 Å². The van der Waals surface area contributed by atoms with Crippen molar-refractivity contribution in [2.45, 2.75) is 6.61 Å². The molecule has 1 aliphatic heterocycles. The molecule has 2 amide bonds. The van der Waals surface area contributed by atoms with Crippen LogP contribution in [0.15, 0.2) is 47.4 Å². The van der Waals surface area contributed by atoms with E-state index < -0.39 is 23.7 Å². The Bertz CT molecular complexity index is 975. The highest BCUT2D eigenvalue weighted by molar-refractivity contribution is 8.18. The molecule has 28 heavy (non-hydrogen) atoms. The van der Waals surface area contributed by atoms with Crippen LogP contribution in [0.4, 0.5) is 4.79 Å². The van der Waals surface area contributed by atoms with E-state index in [9.17, 15) is 14.4 Å². The van der Waals surface area contributed by atoms with Crippen molar-refractivity contribution in [3.63, 3.8) is 0 Å². The Morgan fingerprint density at radius 2 is 1.86 bits per heavy atom. The highest BCUT2D eigenvalue weighted by Crippen LogP contribution is 2.32. The number of hydrogen-bond donors (Lipinski definition) is 1. The second-order valence-corrected chi connectivity index (χ2v) is 7.59. The van der Waals surface area contributed by atoms with Gasteiger partial charge in [0.15, 0.2) is 0 Å². The second kappa shape index (κ2) is 8.68. The molecule has 0 radical (unpaired) electrons. The smallest absolute Gasteiger partial charge is 0.323 e. The Labute approximate surface area is 174 Å². The number of nitrogens with zero attached hydrogens (tertiary/aromatic N) is 1. The van der Waals surface area contributed by atoms with E-state index in [-0.39, 0.29) is 11.5 Å². The number of thioether (sulfide) groups is 1. The maximum Gasteiger partial charge on any atom is 0.323 e. The summed E-state index contributed by atoms with van der Waals surface area (Å²) in [7, 11) is 0. The predicted molar refractivity (Wildman–Crippen MR) is 108 cm³/mol. The monoisotopic (exact) mass is 437 g/mol. The Morgan fingerprint density at radius 3 is 2.50 bits per heavy atom. The maximum absolute atomic E-state index is 12.1. The Balaban J connectivity index is 1.66. The molecule has 9 heteroatoms. The first-order valence-corrected chi connectivity index (χ1v) is 9.54. The van der Waals surface area contributed by atoms with Gasteiger partial charge in [0.1, 0.15) is 18.9 Å². The summed E-state index contributed by atoms with van der Waals surface area (Å²) in [6, 6.07) is 12.0. The van der Waals surface area contributed by atoms with Crippen LogP contribution in [-0.2, 0) is 16.2 Å². The number of carbonyl (C=O) groups excluding carboxylic acids is 2. The van der Waals surface area contributed by atoms with Gasteiger partial charge >= 0.3 is 5.97 Å². The molecule has 0 aliphatic carbocycles. The molecular formula is C19H13Cl2NO5S. The number of carboxylic acid groups (broad SMARTS) is 1. The van der Waals surface area contributed by atoms with Gasteiger partial charge in [-0.3, -0.25) is 19.3 Å². The van der Waals surface area contributed by atoms with Crippen LogP contribution in [0.2, 0.25) is 10.0 Å². The van der Waals surface area contributed by atoms with Crippen molar-refractivity contribution in [1.29, 1.82) is 0 Å². The minimum Gasteiger partial charge on any atom is -0.489 e. The summed E-state index contributed by atoms with van der Waals surface area (Å²) in [4.78, 5) is 35.5. The van der Waals surface area contributed by atoms with Crippen LogP contribution >= 0.6 is 35.0 Å². The van der Waals surface area contributed by atoms with E-state index in [0.29, 0.717) is 38.0 Å². The standard InChI is InChI=1S/C19H13Cl2NO5S/c20-13-4-3-12(15(21)8-13)10-27-14-5-1-11(2-6-14)7-16-18(25)22(9-17(23)24)19(26)28-16/h1-8H,9-10H2,(H,23,24)/b16-7+. The number of amides is 2. The molecule has 1 fully saturated rings. The molecular weight excluding hydrogens is 425 g/mol. The number of carbonyl (C=O) groups is 3. The third kappa shape index (κ3) is 4.86. The Kier molecular flexibility index (Phi) is 6.28. The highest BCUT2D eigenvalue weighted by atomic mass is 35.5. The van der Waals surface area contributed by atoms with Gasteiger partial charge in [-0.25, -0.2) is 0 Å². The fraction of sp³-hybridized carbons (Fsp3) is 0.105. The van der Waals surface area contributed by atoms with Crippen molar-refractivity contribution in [2.24, 2.45) is 0 Å². The molecule has 0 saturated carbocycles. The molecule has 0 atom stereocenters. The summed E-state index contributed by atoms with van der Waals surface area (Å²) in [5.41, 5.74) is 1.47. The number of halogens is 2. The van der Waals surface area contributed by atoms with Gasteiger partial charge in [0.05, 0.1) is 4.91 Å². The number of aliphatic carboxylic acids is 1. The summed E-state index contributed by atoms with van der Waals surface area (Å²) < 4.78 is 5.69. The van der Waals surface area contributed by atoms with Crippen molar-refractivity contribution in [1.82, 2.24) is 4.90 Å². The molecule has 1 aliphatic rings. The molecule has 3 rings (SSSR count). The molecule has 2 aromatic rings. The lowest BCUT2D eigenvalue weighted by Crippen LogP contribution is -2.33. The lowest BCUT2D eigenvalue weighted by Gasteiger charge is -2.09. The Hall–Kier alpha value is -2.48. The molecule has 0 spiro atoms. The van der Waals surface area contributed by atoms with E-state index in [1.54, 1.807) is 42.5 Å². The van der Waals surface area contributed by atoms with Gasteiger partial charge in [-0.15, -0.1) is 0 Å². The first-order valence-electron chi connectivity index (χ1n) is 7.97. The van der Waals surface area contributed by atoms with E-state index in [0.717, 1.165) is 5.56 Å². The van der Waals surface area contributed by atoms with E-state index in [2.05, 4.69) is 0 Å². The predicted octanol–water partition coefficient (Wildman–Crippen LogP) is 4.69. The first kappa shape index (κ1) is 20.3. The summed E-state index contributed by atoms with van der Waals surface area (Å²) in [5, 5.41) is 9.24. The summed E-state index contributed by atoms with van der Waals surface area (Å²) >= 11 is 12.7. The van der Waals surface area contributed by atoms with E-state index in [1.165, 1.54) is 6.08 Å². The minimum absolute atomic E-state index is 0.174. The van der Waals surface area contributed by atoms with Crippen molar-refractivity contribution in [3.8, 4) is 5.75 Å². The fourth-order valence-corrected chi connectivity index (χ4v) is 3.68. The van der Waals surface area contributed by atoms with Gasteiger partial charge < -0.3 is 9.84 Å². The summed E-state index contributed by atoms with van der Waals surface area (Å²) in [6.45, 7) is -0.383. The third-order valence-electron chi connectivity index (χ3n) is 3.75. The van der Waals surface area contributed by atoms with Gasteiger partial charge in [-0.05, 0) is 47.7 Å². The normalized spacial score (nSPS) is 15.4. The number of carboxylic acids is 1. The van der Waals surface area contributed by atoms with Crippen molar-refractivity contribution >= 4 is 58.2 Å². The zero-order valence-corrected chi connectivity index (χ0v) is 16.6. The molecule has 1 N–H and O–H groups in total. The van der Waals surface area contributed by atoms with Gasteiger partial charge in [0.25, 0.3) is 11.1 Å². The number of rotatable bonds is 6. The average molecular weight is 438 g/mol. The number of ether oxygens (including phenoxy) is 1. The average Bonchev–Trinajstić information content (AvgIpc) is 2.89. The SMILES string of the molecule is O=C(O)CN1C(=O)S/C(=C/c2ccc(OCc3ccc(Cl)cc3Cl)cc2)C1=O. The Morgan fingerprint density at radius 1 is 1.14 bits per heavy atom. The maximum atomic E-state index is 12.1. The zero-order valence-electron chi connectivity index (χ0n) is 14.2. The zero-order chi connectivity index (χ0) is 20.3. The molecule has 0 aromatic heterocycles. The summed E-state index contributed by atoms with van der Waals surface area (Å²) in [6.07, 6.45) is 1.53. The van der Waals surface area contributed by atoms with Crippen LogP contribution in [0.25, 0.3) is 6.08 Å². The van der Waals surface area contributed by atoms with Crippen molar-refractivity contribution in [2.75, 3.05) is 6.54 Å². The van der Waals surface area contributed by atoms with E-state index in [4.69, 9.17) is 33.0 Å². The largest absolute Gasteiger partial charge is 0.489 e. The van der Waals surface area contributed by atoms with Crippen molar-refractivity contribution in [3.05, 3.63) is 68.5 Å². The molecule has 1 heterocycles. The topological polar surface area (TPSA) is 83.9 Å². The molecule has 144 valence electrons. The van der Waals surface area contributed by atoms with Gasteiger partial charge in [-0.1, -0.05) is 41.4 Å². The number of imide groups is 1. The van der Waals surface area contributed by atoms with Crippen LogP contribution in [0.1, 0.15) is 11.1 Å². The highest BCUT2D eigenvalue weighted by Gasteiger charge is 2.36. The van der Waals surface area contributed by atoms with Crippen LogP contribution < -0.4 is 4.74 Å². The third-order valence-corrected chi connectivity index (χ3v) is 5.25. The number of hydrogen-bond acceptors (Lipinski definition) is 5. The molecule has 1 saturated heterocycles. The van der Waals surface area contributed by atoms with Crippen molar-refractivity contribution < 1.29 is 24.2 Å². The second-order valence-electron chi connectivity index (χ2n) is 5.76. The van der Waals surface area contributed by atoms with Gasteiger partial charge in [0, 0.05) is 15.6 Å².